The van der Waals surface area contributed by atoms with Gasteiger partial charge in [0.15, 0.2) is 0 Å². The number of rotatable bonds is 5. The van der Waals surface area contributed by atoms with E-state index in [1.807, 2.05) is 62.4 Å². The molecule has 0 aliphatic carbocycles. The molecule has 0 unspecified atom stereocenters. The second-order valence-corrected chi connectivity index (χ2v) is 5.12. The fourth-order valence-corrected chi connectivity index (χ4v) is 2.62. The van der Waals surface area contributed by atoms with Gasteiger partial charge >= 0.3 is 0 Å². The van der Waals surface area contributed by atoms with E-state index in [-0.39, 0.29) is 5.91 Å². The highest BCUT2D eigenvalue weighted by atomic mass is 16.5. The minimum atomic E-state index is -0.111. The number of nitrogens with one attached hydrogen (secondary N) is 1. The van der Waals surface area contributed by atoms with Crippen LogP contribution in [-0.2, 0) is 4.79 Å². The number of amides is 1. The van der Waals surface area contributed by atoms with Gasteiger partial charge in [0, 0.05) is 22.8 Å². The second-order valence-electron chi connectivity index (χ2n) is 5.12. The molecule has 0 fully saturated rings. The van der Waals surface area contributed by atoms with Crippen molar-refractivity contribution in [2.24, 2.45) is 0 Å². The van der Waals surface area contributed by atoms with E-state index >= 15 is 0 Å². The van der Waals surface area contributed by atoms with Gasteiger partial charge in [-0.15, -0.1) is 0 Å². The molecule has 0 spiro atoms. The molecular weight excluding hydrogens is 290 g/mol. The van der Waals surface area contributed by atoms with E-state index in [0.717, 1.165) is 28.3 Å². The third kappa shape index (κ3) is 3.06. The molecule has 1 heterocycles. The summed E-state index contributed by atoms with van der Waals surface area (Å²) >= 11 is 0. The van der Waals surface area contributed by atoms with Crippen LogP contribution in [-0.4, -0.2) is 19.1 Å². The molecule has 0 radical (unpaired) electrons. The predicted molar refractivity (Wildman–Crippen MR) is 91.7 cm³/mol. The van der Waals surface area contributed by atoms with Gasteiger partial charge in [0.25, 0.3) is 5.91 Å². The van der Waals surface area contributed by atoms with Crippen LogP contribution in [0.15, 0.2) is 42.5 Å². The molecule has 1 aliphatic rings. The first kappa shape index (κ1) is 15.2. The molecule has 2 aromatic carbocycles. The van der Waals surface area contributed by atoms with Gasteiger partial charge in [-0.25, -0.2) is 0 Å². The molecule has 118 valence electrons. The van der Waals surface area contributed by atoms with Crippen LogP contribution >= 0.6 is 0 Å². The maximum absolute atomic E-state index is 12.3. The Morgan fingerprint density at radius 1 is 1.04 bits per heavy atom. The zero-order valence-electron chi connectivity index (χ0n) is 13.3. The van der Waals surface area contributed by atoms with Gasteiger partial charge in [0.2, 0.25) is 0 Å². The van der Waals surface area contributed by atoms with E-state index in [1.165, 1.54) is 0 Å². The zero-order chi connectivity index (χ0) is 16.2. The fourth-order valence-electron chi connectivity index (χ4n) is 2.62. The Kier molecular flexibility index (Phi) is 4.33. The minimum absolute atomic E-state index is 0.111. The smallest absolute Gasteiger partial charge is 0.256 e. The number of ether oxygens (including phenoxy) is 2. The van der Waals surface area contributed by atoms with Crippen molar-refractivity contribution >= 4 is 23.2 Å². The van der Waals surface area contributed by atoms with Gasteiger partial charge < -0.3 is 14.8 Å². The van der Waals surface area contributed by atoms with Crippen molar-refractivity contribution in [3.63, 3.8) is 0 Å². The minimum Gasteiger partial charge on any atom is -0.494 e. The quantitative estimate of drug-likeness (QED) is 0.850. The van der Waals surface area contributed by atoms with E-state index in [0.29, 0.717) is 18.8 Å². The number of para-hydroxylation sites is 1. The maximum atomic E-state index is 12.3. The molecule has 4 nitrogen and oxygen atoms in total. The van der Waals surface area contributed by atoms with Gasteiger partial charge in [-0.1, -0.05) is 18.2 Å². The van der Waals surface area contributed by atoms with Crippen molar-refractivity contribution in [1.82, 2.24) is 0 Å². The molecule has 1 amide bonds. The average Bonchev–Trinajstić information content (AvgIpc) is 2.85. The highest BCUT2D eigenvalue weighted by Gasteiger charge is 2.24. The van der Waals surface area contributed by atoms with Crippen LogP contribution in [0, 0.1) is 0 Å². The third-order valence-corrected chi connectivity index (χ3v) is 3.60. The molecule has 0 atom stereocenters. The SMILES string of the molecule is CCOc1ccc2c(c1)NC(=O)C2=Cc1ccccc1OCC. The van der Waals surface area contributed by atoms with Crippen LogP contribution in [0.4, 0.5) is 5.69 Å². The van der Waals surface area contributed by atoms with E-state index in [9.17, 15) is 4.79 Å². The van der Waals surface area contributed by atoms with E-state index in [1.54, 1.807) is 0 Å². The summed E-state index contributed by atoms with van der Waals surface area (Å²) in [6.45, 7) is 5.05. The summed E-state index contributed by atoms with van der Waals surface area (Å²) in [4.78, 5) is 12.3. The molecule has 0 saturated heterocycles. The summed E-state index contributed by atoms with van der Waals surface area (Å²) < 4.78 is 11.1. The number of benzene rings is 2. The number of hydrogen-bond acceptors (Lipinski definition) is 3. The van der Waals surface area contributed by atoms with Crippen LogP contribution in [0.3, 0.4) is 0 Å². The first-order valence-corrected chi connectivity index (χ1v) is 7.75. The van der Waals surface area contributed by atoms with Crippen molar-refractivity contribution in [3.05, 3.63) is 53.6 Å². The van der Waals surface area contributed by atoms with Gasteiger partial charge in [0.1, 0.15) is 11.5 Å². The molecule has 0 saturated carbocycles. The molecule has 4 heteroatoms. The first-order valence-electron chi connectivity index (χ1n) is 7.75. The standard InChI is InChI=1S/C19H19NO3/c1-3-22-14-9-10-15-16(19(21)20-17(15)12-14)11-13-7-5-6-8-18(13)23-4-2/h5-12H,3-4H2,1-2H3,(H,20,21). The lowest BCUT2D eigenvalue weighted by Gasteiger charge is -2.07. The molecule has 23 heavy (non-hydrogen) atoms. The Morgan fingerprint density at radius 2 is 1.83 bits per heavy atom. The van der Waals surface area contributed by atoms with Crippen LogP contribution in [0.5, 0.6) is 11.5 Å². The predicted octanol–water partition coefficient (Wildman–Crippen LogP) is 3.98. The summed E-state index contributed by atoms with van der Waals surface area (Å²) in [5.41, 5.74) is 3.18. The Bertz CT molecular complexity index is 765. The largest absolute Gasteiger partial charge is 0.494 e. The van der Waals surface area contributed by atoms with E-state index in [4.69, 9.17) is 9.47 Å². The Balaban J connectivity index is 2.00. The highest BCUT2D eigenvalue weighted by molar-refractivity contribution is 6.35. The molecule has 0 bridgehead atoms. The zero-order valence-corrected chi connectivity index (χ0v) is 13.3. The summed E-state index contributed by atoms with van der Waals surface area (Å²) in [6.07, 6.45) is 1.87. The summed E-state index contributed by atoms with van der Waals surface area (Å²) in [6, 6.07) is 13.3. The summed E-state index contributed by atoms with van der Waals surface area (Å²) in [5.74, 6) is 1.41. The molecule has 2 aromatic rings. The number of fused-ring (bicyclic) bond motifs is 1. The lowest BCUT2D eigenvalue weighted by atomic mass is 10.0. The van der Waals surface area contributed by atoms with Crippen LogP contribution in [0.25, 0.3) is 11.6 Å². The van der Waals surface area contributed by atoms with E-state index < -0.39 is 0 Å². The van der Waals surface area contributed by atoms with Crippen molar-refractivity contribution in [1.29, 1.82) is 0 Å². The number of anilines is 1. The van der Waals surface area contributed by atoms with Gasteiger partial charge in [-0.3, -0.25) is 4.79 Å². The molecule has 1 N–H and O–H groups in total. The molecule has 1 aliphatic heterocycles. The van der Waals surface area contributed by atoms with Crippen molar-refractivity contribution in [3.8, 4) is 11.5 Å². The second kappa shape index (κ2) is 6.57. The average molecular weight is 309 g/mol. The number of carbonyl (C=O) groups excluding carboxylic acids is 1. The molecule has 0 aromatic heterocycles. The van der Waals surface area contributed by atoms with Crippen LogP contribution < -0.4 is 14.8 Å². The maximum Gasteiger partial charge on any atom is 0.256 e. The Labute approximate surface area is 135 Å². The van der Waals surface area contributed by atoms with E-state index in [2.05, 4.69) is 5.32 Å². The number of hydrogen-bond donors (Lipinski definition) is 1. The number of carbonyl (C=O) groups is 1. The summed E-state index contributed by atoms with van der Waals surface area (Å²) in [5, 5.41) is 2.89. The van der Waals surface area contributed by atoms with Gasteiger partial charge in [0.05, 0.1) is 18.9 Å². The van der Waals surface area contributed by atoms with Gasteiger partial charge in [-0.05, 0) is 38.1 Å². The van der Waals surface area contributed by atoms with Gasteiger partial charge in [-0.2, -0.15) is 0 Å². The van der Waals surface area contributed by atoms with Crippen LogP contribution in [0.2, 0.25) is 0 Å². The molecule has 3 rings (SSSR count). The Hall–Kier alpha value is -2.75. The third-order valence-electron chi connectivity index (χ3n) is 3.60. The van der Waals surface area contributed by atoms with Crippen molar-refractivity contribution in [2.75, 3.05) is 18.5 Å². The monoisotopic (exact) mass is 309 g/mol. The fraction of sp³-hybridized carbons (Fsp3) is 0.211. The lowest BCUT2D eigenvalue weighted by molar-refractivity contribution is -0.110. The summed E-state index contributed by atoms with van der Waals surface area (Å²) in [7, 11) is 0. The van der Waals surface area contributed by atoms with Crippen molar-refractivity contribution < 1.29 is 14.3 Å². The topological polar surface area (TPSA) is 47.6 Å². The van der Waals surface area contributed by atoms with Crippen LogP contribution in [0.1, 0.15) is 25.0 Å². The normalized spacial score (nSPS) is 14.5. The van der Waals surface area contributed by atoms with Crippen molar-refractivity contribution in [2.45, 2.75) is 13.8 Å². The first-order chi connectivity index (χ1) is 11.2. The highest BCUT2D eigenvalue weighted by Crippen LogP contribution is 2.36. The molecular formula is C19H19NO3. The Morgan fingerprint density at radius 3 is 2.61 bits per heavy atom. The lowest BCUT2D eigenvalue weighted by Crippen LogP contribution is -2.04.